The first-order valence-electron chi connectivity index (χ1n) is 5.91. The van der Waals surface area contributed by atoms with Gasteiger partial charge in [-0.05, 0) is 25.5 Å². The summed E-state index contributed by atoms with van der Waals surface area (Å²) in [6.45, 7) is 1.56. The number of sulfone groups is 1. The third-order valence-corrected chi connectivity index (χ3v) is 6.78. The molecule has 1 heterocycles. The van der Waals surface area contributed by atoms with Gasteiger partial charge in [0.2, 0.25) is 10.0 Å². The lowest BCUT2D eigenvalue weighted by atomic mass is 10.0. The minimum Gasteiger partial charge on any atom is -0.229 e. The lowest BCUT2D eigenvalue weighted by molar-refractivity contribution is 0.461. The van der Waals surface area contributed by atoms with Crippen molar-refractivity contribution in [3.8, 4) is 6.07 Å². The SMILES string of the molecule is CC1(NS(=O)(=O)c2ccccc2C#N)CCS(=O)(=O)C1. The summed E-state index contributed by atoms with van der Waals surface area (Å²) in [5.74, 6) is -0.264. The van der Waals surface area contributed by atoms with Gasteiger partial charge in [0, 0.05) is 5.54 Å². The van der Waals surface area contributed by atoms with Crippen molar-refractivity contribution in [1.29, 1.82) is 5.26 Å². The molecule has 0 aromatic heterocycles. The van der Waals surface area contributed by atoms with Crippen molar-refractivity contribution in [2.45, 2.75) is 23.8 Å². The Morgan fingerprint density at radius 1 is 1.35 bits per heavy atom. The van der Waals surface area contributed by atoms with Crippen LogP contribution in [0.25, 0.3) is 0 Å². The molecule has 8 heteroatoms. The molecule has 1 saturated heterocycles. The van der Waals surface area contributed by atoms with E-state index in [4.69, 9.17) is 5.26 Å². The molecule has 0 bridgehead atoms. The number of rotatable bonds is 3. The van der Waals surface area contributed by atoms with Crippen molar-refractivity contribution < 1.29 is 16.8 Å². The van der Waals surface area contributed by atoms with Crippen LogP contribution >= 0.6 is 0 Å². The maximum atomic E-state index is 12.3. The molecule has 1 fully saturated rings. The molecule has 0 saturated carbocycles. The largest absolute Gasteiger partial charge is 0.242 e. The van der Waals surface area contributed by atoms with Crippen LogP contribution in [0.15, 0.2) is 29.2 Å². The van der Waals surface area contributed by atoms with E-state index < -0.39 is 25.4 Å². The molecule has 1 aliphatic heterocycles. The summed E-state index contributed by atoms with van der Waals surface area (Å²) in [6, 6.07) is 7.64. The van der Waals surface area contributed by atoms with Gasteiger partial charge in [0.05, 0.1) is 22.0 Å². The minimum atomic E-state index is -3.93. The monoisotopic (exact) mass is 314 g/mol. The lowest BCUT2D eigenvalue weighted by Gasteiger charge is -2.23. The number of nitrogens with zero attached hydrogens (tertiary/aromatic N) is 1. The van der Waals surface area contributed by atoms with Crippen molar-refractivity contribution in [3.63, 3.8) is 0 Å². The topological polar surface area (TPSA) is 104 Å². The van der Waals surface area contributed by atoms with E-state index in [1.807, 2.05) is 6.07 Å². The fourth-order valence-electron chi connectivity index (χ4n) is 2.26. The van der Waals surface area contributed by atoms with Gasteiger partial charge in [0.1, 0.15) is 6.07 Å². The zero-order chi connectivity index (χ0) is 15.0. The van der Waals surface area contributed by atoms with Crippen LogP contribution in [-0.4, -0.2) is 33.9 Å². The fourth-order valence-corrected chi connectivity index (χ4v) is 6.04. The Bertz CT molecular complexity index is 778. The third kappa shape index (κ3) is 3.00. The van der Waals surface area contributed by atoms with Crippen LogP contribution in [0.3, 0.4) is 0 Å². The zero-order valence-corrected chi connectivity index (χ0v) is 12.5. The van der Waals surface area contributed by atoms with E-state index in [0.29, 0.717) is 0 Å². The minimum absolute atomic E-state index is 0.0319. The van der Waals surface area contributed by atoms with Gasteiger partial charge in [-0.2, -0.15) is 5.26 Å². The molecule has 0 spiro atoms. The number of nitrogens with one attached hydrogen (secondary N) is 1. The second-order valence-electron chi connectivity index (χ2n) is 5.12. The third-order valence-electron chi connectivity index (χ3n) is 3.18. The molecule has 1 aliphatic rings. The molecule has 0 radical (unpaired) electrons. The molecular weight excluding hydrogens is 300 g/mol. The van der Waals surface area contributed by atoms with E-state index in [2.05, 4.69) is 4.72 Å². The maximum Gasteiger partial charge on any atom is 0.242 e. The molecule has 108 valence electrons. The highest BCUT2D eigenvalue weighted by molar-refractivity contribution is 7.92. The Morgan fingerprint density at radius 2 is 2.00 bits per heavy atom. The quantitative estimate of drug-likeness (QED) is 0.870. The second kappa shape index (κ2) is 4.84. The Labute approximate surface area is 118 Å². The van der Waals surface area contributed by atoms with Gasteiger partial charge in [-0.15, -0.1) is 0 Å². The summed E-state index contributed by atoms with van der Waals surface area (Å²) in [4.78, 5) is -0.131. The van der Waals surface area contributed by atoms with Crippen LogP contribution in [-0.2, 0) is 19.9 Å². The standard InChI is InChI=1S/C12H14N2O4S2/c1-12(6-7-19(15,16)9-12)14-20(17,18)11-5-3-2-4-10(11)8-13/h2-5,14H,6-7,9H2,1H3. The first kappa shape index (κ1) is 15.0. The molecule has 1 aromatic rings. The maximum absolute atomic E-state index is 12.3. The van der Waals surface area contributed by atoms with Gasteiger partial charge in [0.25, 0.3) is 0 Å². The van der Waals surface area contributed by atoms with Crippen molar-refractivity contribution in [3.05, 3.63) is 29.8 Å². The Kier molecular flexibility index (Phi) is 3.62. The van der Waals surface area contributed by atoms with E-state index in [1.54, 1.807) is 13.0 Å². The Morgan fingerprint density at radius 3 is 2.55 bits per heavy atom. The number of hydrogen-bond donors (Lipinski definition) is 1. The van der Waals surface area contributed by atoms with Gasteiger partial charge >= 0.3 is 0 Å². The average molecular weight is 314 g/mol. The summed E-state index contributed by atoms with van der Waals surface area (Å²) >= 11 is 0. The molecule has 1 aromatic carbocycles. The highest BCUT2D eigenvalue weighted by Crippen LogP contribution is 2.26. The van der Waals surface area contributed by atoms with E-state index in [1.165, 1.54) is 18.2 Å². The van der Waals surface area contributed by atoms with Crippen molar-refractivity contribution in [2.24, 2.45) is 0 Å². The molecule has 0 amide bonds. The summed E-state index contributed by atoms with van der Waals surface area (Å²) in [5, 5.41) is 8.95. The average Bonchev–Trinajstić information content (AvgIpc) is 2.62. The van der Waals surface area contributed by atoms with E-state index in [9.17, 15) is 16.8 Å². The molecular formula is C12H14N2O4S2. The fraction of sp³-hybridized carbons (Fsp3) is 0.417. The number of nitriles is 1. The molecule has 6 nitrogen and oxygen atoms in total. The zero-order valence-electron chi connectivity index (χ0n) is 10.8. The summed E-state index contributed by atoms with van der Waals surface area (Å²) < 4.78 is 50.1. The van der Waals surface area contributed by atoms with Crippen LogP contribution in [0.1, 0.15) is 18.9 Å². The lowest BCUT2D eigenvalue weighted by Crippen LogP contribution is -2.46. The highest BCUT2D eigenvalue weighted by atomic mass is 32.2. The van der Waals surface area contributed by atoms with Gasteiger partial charge in [-0.25, -0.2) is 21.6 Å². The summed E-state index contributed by atoms with van der Waals surface area (Å²) in [7, 11) is -7.15. The van der Waals surface area contributed by atoms with E-state index in [-0.39, 0.29) is 28.4 Å². The molecule has 2 rings (SSSR count). The van der Waals surface area contributed by atoms with Crippen LogP contribution in [0.5, 0.6) is 0 Å². The summed E-state index contributed by atoms with van der Waals surface area (Å²) in [6.07, 6.45) is 0.225. The first-order chi connectivity index (χ1) is 9.18. The van der Waals surface area contributed by atoms with Crippen molar-refractivity contribution in [1.82, 2.24) is 4.72 Å². The van der Waals surface area contributed by atoms with Gasteiger partial charge in [-0.1, -0.05) is 12.1 Å². The van der Waals surface area contributed by atoms with E-state index in [0.717, 1.165) is 0 Å². The van der Waals surface area contributed by atoms with Crippen LogP contribution in [0.4, 0.5) is 0 Å². The van der Waals surface area contributed by atoms with Crippen LogP contribution in [0, 0.1) is 11.3 Å². The second-order valence-corrected chi connectivity index (χ2v) is 8.95. The number of sulfonamides is 1. The number of benzene rings is 1. The molecule has 20 heavy (non-hydrogen) atoms. The molecule has 1 N–H and O–H groups in total. The van der Waals surface area contributed by atoms with Gasteiger partial charge in [0.15, 0.2) is 9.84 Å². The van der Waals surface area contributed by atoms with Crippen LogP contribution in [0.2, 0.25) is 0 Å². The number of hydrogen-bond acceptors (Lipinski definition) is 5. The van der Waals surface area contributed by atoms with Crippen molar-refractivity contribution in [2.75, 3.05) is 11.5 Å². The molecule has 1 atom stereocenters. The normalized spacial score (nSPS) is 25.2. The smallest absolute Gasteiger partial charge is 0.229 e. The predicted octanol–water partition coefficient (Wildman–Crippen LogP) is 0.414. The van der Waals surface area contributed by atoms with Gasteiger partial charge in [-0.3, -0.25) is 0 Å². The highest BCUT2D eigenvalue weighted by Gasteiger charge is 2.41. The molecule has 0 aliphatic carbocycles. The van der Waals surface area contributed by atoms with E-state index >= 15 is 0 Å². The first-order valence-corrected chi connectivity index (χ1v) is 9.21. The Balaban J connectivity index is 2.36. The predicted molar refractivity (Wildman–Crippen MR) is 73.2 cm³/mol. The Hall–Kier alpha value is -1.43. The van der Waals surface area contributed by atoms with Crippen LogP contribution < -0.4 is 4.72 Å². The summed E-state index contributed by atoms with van der Waals surface area (Å²) in [5.41, 5.74) is -0.996. The van der Waals surface area contributed by atoms with Crippen molar-refractivity contribution >= 4 is 19.9 Å². The van der Waals surface area contributed by atoms with Gasteiger partial charge < -0.3 is 0 Å². The molecule has 1 unspecified atom stereocenters.